The van der Waals surface area contributed by atoms with Crippen LogP contribution in [-0.2, 0) is 17.1 Å². The molecule has 2 heterocycles. The fourth-order valence-corrected chi connectivity index (χ4v) is 4.57. The van der Waals surface area contributed by atoms with Crippen molar-refractivity contribution in [3.63, 3.8) is 0 Å². The summed E-state index contributed by atoms with van der Waals surface area (Å²) in [6.45, 7) is 1.79. The van der Waals surface area contributed by atoms with E-state index in [0.717, 1.165) is 24.1 Å². The second-order valence-corrected chi connectivity index (χ2v) is 11.8. The minimum atomic E-state index is -9.81. The van der Waals surface area contributed by atoms with E-state index < -0.39 is 25.1 Å². The molecular formula is C19H18F5N5O2S2. The zero-order valence-electron chi connectivity index (χ0n) is 17.4. The summed E-state index contributed by atoms with van der Waals surface area (Å²) in [6, 6.07) is 6.97. The molecule has 4 rings (SSSR count). The van der Waals surface area contributed by atoms with E-state index in [1.54, 1.807) is 24.9 Å². The molecule has 0 aliphatic carbocycles. The van der Waals surface area contributed by atoms with Crippen molar-refractivity contribution >= 4 is 36.8 Å². The van der Waals surface area contributed by atoms with Crippen LogP contribution in [0, 0.1) is 6.92 Å². The first-order chi connectivity index (χ1) is 14.9. The second-order valence-electron chi connectivity index (χ2n) is 7.60. The monoisotopic (exact) mass is 507 g/mol. The molecule has 0 fully saturated rings. The van der Waals surface area contributed by atoms with Crippen LogP contribution in [-0.4, -0.2) is 34.2 Å². The first-order valence-corrected chi connectivity index (χ1v) is 13.1. The normalized spacial score (nSPS) is 14.8. The minimum Gasteiger partial charge on any atom is -0.284 e. The van der Waals surface area contributed by atoms with Crippen LogP contribution in [0.15, 0.2) is 53.6 Å². The van der Waals surface area contributed by atoms with Crippen molar-refractivity contribution in [2.24, 2.45) is 7.05 Å². The maximum Gasteiger partial charge on any atom is 0.310 e. The number of benzene rings is 2. The van der Waals surface area contributed by atoms with Crippen molar-refractivity contribution in [1.29, 1.82) is 0 Å². The molecule has 0 saturated carbocycles. The number of fused-ring (bicyclic) bond motifs is 1. The predicted octanol–water partition coefficient (Wildman–Crippen LogP) is 5.76. The summed E-state index contributed by atoms with van der Waals surface area (Å²) in [5.74, 6) is 0. The number of aryl methyl sites for hydroxylation is 1. The molecule has 0 atom stereocenters. The van der Waals surface area contributed by atoms with Crippen LogP contribution in [0.2, 0.25) is 0 Å². The highest BCUT2D eigenvalue weighted by molar-refractivity contribution is 8.45. The number of hydrogen-bond acceptors (Lipinski definition) is 4. The van der Waals surface area contributed by atoms with E-state index in [1.165, 1.54) is 22.9 Å². The van der Waals surface area contributed by atoms with E-state index in [1.807, 2.05) is 0 Å². The molecule has 33 heavy (non-hydrogen) atoms. The summed E-state index contributed by atoms with van der Waals surface area (Å²) >= 11 is 0. The summed E-state index contributed by atoms with van der Waals surface area (Å²) in [4.78, 5) is -2.00. The van der Waals surface area contributed by atoms with Gasteiger partial charge in [-0.1, -0.05) is 19.4 Å². The van der Waals surface area contributed by atoms with Gasteiger partial charge in [-0.05, 0) is 49.4 Å². The van der Waals surface area contributed by atoms with Crippen molar-refractivity contribution < 1.29 is 27.8 Å². The summed E-state index contributed by atoms with van der Waals surface area (Å²) in [5, 5.41) is 9.15. The van der Waals surface area contributed by atoms with E-state index in [4.69, 9.17) is 0 Å². The van der Waals surface area contributed by atoms with Crippen molar-refractivity contribution in [2.45, 2.75) is 11.8 Å². The van der Waals surface area contributed by atoms with Gasteiger partial charge in [0.15, 0.2) is 0 Å². The summed E-state index contributed by atoms with van der Waals surface area (Å²) < 4.78 is 94.0. The molecule has 178 valence electrons. The molecule has 0 unspecified atom stereocenters. The number of nitrogens with one attached hydrogen (secondary N) is 1. The Hall–Kier alpha value is -3.13. The van der Waals surface area contributed by atoms with E-state index >= 15 is 0 Å². The fourth-order valence-electron chi connectivity index (χ4n) is 3.37. The van der Waals surface area contributed by atoms with Crippen LogP contribution in [0.4, 0.5) is 25.1 Å². The van der Waals surface area contributed by atoms with Gasteiger partial charge in [-0.25, -0.2) is 13.1 Å². The average Bonchev–Trinajstić information content (AvgIpc) is 3.19. The highest BCUT2D eigenvalue weighted by Crippen LogP contribution is 3.02. The molecule has 0 aliphatic rings. The Morgan fingerprint density at radius 3 is 2.15 bits per heavy atom. The molecule has 0 aliphatic heterocycles. The molecular weight excluding hydrogens is 489 g/mol. The van der Waals surface area contributed by atoms with Crippen molar-refractivity contribution in [2.75, 3.05) is 11.0 Å². The number of hydrogen-bond donors (Lipinski definition) is 1. The predicted molar refractivity (Wildman–Crippen MR) is 118 cm³/mol. The zero-order valence-corrected chi connectivity index (χ0v) is 19.1. The van der Waals surface area contributed by atoms with Gasteiger partial charge in [0.2, 0.25) is 10.0 Å². The highest BCUT2D eigenvalue weighted by atomic mass is 32.5. The first kappa shape index (κ1) is 23.0. The van der Waals surface area contributed by atoms with Gasteiger partial charge in [-0.15, -0.1) is 0 Å². The Labute approximate surface area is 185 Å². The molecule has 2 aromatic carbocycles. The van der Waals surface area contributed by atoms with Gasteiger partial charge in [0.1, 0.15) is 10.6 Å². The lowest BCUT2D eigenvalue weighted by molar-refractivity contribution is 0.364. The molecule has 0 radical (unpaired) electrons. The highest BCUT2D eigenvalue weighted by Gasteiger charge is 2.65. The van der Waals surface area contributed by atoms with Gasteiger partial charge in [0.05, 0.1) is 23.7 Å². The van der Waals surface area contributed by atoms with Gasteiger partial charge in [0.25, 0.3) is 0 Å². The second kappa shape index (κ2) is 6.47. The van der Waals surface area contributed by atoms with Crippen molar-refractivity contribution in [3.8, 4) is 16.9 Å². The quantitative estimate of drug-likeness (QED) is 0.348. The van der Waals surface area contributed by atoms with Crippen molar-refractivity contribution in [1.82, 2.24) is 19.6 Å². The first-order valence-electron chi connectivity index (χ1n) is 9.27. The Balaban J connectivity index is 1.94. The summed E-state index contributed by atoms with van der Waals surface area (Å²) in [6.07, 6.45) is 2.54. The van der Waals surface area contributed by atoms with Crippen LogP contribution in [0.5, 0.6) is 0 Å². The lowest BCUT2D eigenvalue weighted by atomic mass is 10.1. The van der Waals surface area contributed by atoms with E-state index in [0.29, 0.717) is 34.3 Å². The largest absolute Gasteiger partial charge is 0.310 e. The Morgan fingerprint density at radius 2 is 1.64 bits per heavy atom. The van der Waals surface area contributed by atoms with Crippen LogP contribution in [0.1, 0.15) is 5.69 Å². The average molecular weight is 508 g/mol. The van der Waals surface area contributed by atoms with Crippen LogP contribution in [0.25, 0.3) is 27.8 Å². The maximum atomic E-state index is 13.1. The molecule has 0 amide bonds. The van der Waals surface area contributed by atoms with Gasteiger partial charge >= 0.3 is 10.2 Å². The lowest BCUT2D eigenvalue weighted by Gasteiger charge is -2.40. The van der Waals surface area contributed by atoms with Gasteiger partial charge in [-0.3, -0.25) is 9.40 Å². The van der Waals surface area contributed by atoms with Gasteiger partial charge in [-0.2, -0.15) is 10.2 Å². The smallest absolute Gasteiger partial charge is 0.284 e. The molecule has 2 aromatic heterocycles. The molecule has 14 heteroatoms. The number of sulfonamides is 1. The minimum absolute atomic E-state index is 0.113. The van der Waals surface area contributed by atoms with Crippen LogP contribution < -0.4 is 4.72 Å². The van der Waals surface area contributed by atoms with E-state index in [-0.39, 0.29) is 11.4 Å². The number of nitrogens with zero attached hydrogens (tertiary/aromatic N) is 4. The third-order valence-electron chi connectivity index (χ3n) is 5.00. The Morgan fingerprint density at radius 1 is 1.00 bits per heavy atom. The van der Waals surface area contributed by atoms with Gasteiger partial charge in [0, 0.05) is 29.4 Å². The zero-order chi connectivity index (χ0) is 24.5. The number of aromatic nitrogens is 4. The number of halogens is 5. The molecule has 1 N–H and O–H groups in total. The van der Waals surface area contributed by atoms with E-state index in [2.05, 4.69) is 14.9 Å². The Bertz CT molecular complexity index is 1510. The molecule has 0 saturated heterocycles. The number of rotatable bonds is 5. The SMILES string of the molecule is Cc1c(-c2nn(-c3ccc(S(F)(F)(F)(F)F)cc3)c3ccc(NS(C)(=O)=O)cc23)cnn1C. The van der Waals surface area contributed by atoms with E-state index in [9.17, 15) is 27.8 Å². The van der Waals surface area contributed by atoms with Crippen LogP contribution >= 0.6 is 10.2 Å². The summed E-state index contributed by atoms with van der Waals surface area (Å²) in [7, 11) is -11.7. The van der Waals surface area contributed by atoms with Crippen molar-refractivity contribution in [3.05, 3.63) is 54.4 Å². The third-order valence-corrected chi connectivity index (χ3v) is 6.77. The molecule has 0 spiro atoms. The Kier molecular flexibility index (Phi) is 4.52. The topological polar surface area (TPSA) is 81.8 Å². The molecule has 7 nitrogen and oxygen atoms in total. The van der Waals surface area contributed by atoms with Crippen LogP contribution in [0.3, 0.4) is 0 Å². The fraction of sp³-hybridized carbons (Fsp3) is 0.158. The number of anilines is 1. The molecule has 4 aromatic rings. The molecule has 0 bridgehead atoms. The van der Waals surface area contributed by atoms with Gasteiger partial charge < -0.3 is 0 Å². The lowest BCUT2D eigenvalue weighted by Crippen LogP contribution is -2.09. The third kappa shape index (κ3) is 4.53. The summed E-state index contributed by atoms with van der Waals surface area (Å²) in [5.41, 5.74) is 2.53. The maximum absolute atomic E-state index is 13.1. The standard InChI is InChI=1S/C19H18F5N5O2S2/c1-12-17(11-25-28(12)2)19-16-10-13(27-32(3,30)31)4-9-18(16)29(26-19)14-5-7-15(8-6-14)33(20,21,22,23)24/h4-11,27H,1-3H3.